The van der Waals surface area contributed by atoms with Crippen LogP contribution in [0.25, 0.3) is 32.9 Å². The Hall–Kier alpha value is -6.18. The molecule has 4 fully saturated rings. The molecule has 1 atom stereocenters. The van der Waals surface area contributed by atoms with Gasteiger partial charge in [-0.3, -0.25) is 39.3 Å². The highest BCUT2D eigenvalue weighted by Crippen LogP contribution is 2.39. The molecule has 10 rings (SSSR count). The predicted molar refractivity (Wildman–Crippen MR) is 227 cm³/mol. The van der Waals surface area contributed by atoms with Crippen LogP contribution in [0, 0.1) is 11.8 Å². The lowest BCUT2D eigenvalue weighted by Gasteiger charge is -2.50. The van der Waals surface area contributed by atoms with Crippen molar-refractivity contribution >= 4 is 45.4 Å². The van der Waals surface area contributed by atoms with E-state index < -0.39 is 35.3 Å². The monoisotopic (exact) mass is 837 g/mol. The van der Waals surface area contributed by atoms with Crippen molar-refractivity contribution in [3.05, 3.63) is 84.3 Å². The number of ether oxygens (including phenoxy) is 3. The molecule has 1 saturated carbocycles. The molecule has 3 aromatic heterocycles. The average Bonchev–Trinajstić information content (AvgIpc) is 3.69. The molecule has 318 valence electrons. The number of pyridine rings is 2. The fourth-order valence-corrected chi connectivity index (χ4v) is 9.80. The zero-order valence-electron chi connectivity index (χ0n) is 34.5. The summed E-state index contributed by atoms with van der Waals surface area (Å²) in [6, 6.07) is 16.0. The summed E-state index contributed by atoms with van der Waals surface area (Å²) >= 11 is 0. The molecule has 5 aliphatic rings. The summed E-state index contributed by atoms with van der Waals surface area (Å²) < 4.78 is 20.6. The summed E-state index contributed by atoms with van der Waals surface area (Å²) in [5.74, 6) is 5.01. The number of nitrogens with zero attached hydrogens (tertiary/aromatic N) is 6. The molecule has 15 heteroatoms. The van der Waals surface area contributed by atoms with Gasteiger partial charge in [-0.1, -0.05) is 24.0 Å². The van der Waals surface area contributed by atoms with Crippen molar-refractivity contribution in [1.29, 1.82) is 0 Å². The molecule has 5 aromatic rings. The van der Waals surface area contributed by atoms with Gasteiger partial charge in [0.25, 0.3) is 11.8 Å². The second-order valence-corrected chi connectivity index (χ2v) is 17.3. The topological polar surface area (TPSA) is 169 Å². The SMILES string of the molecule is Cn1c2ccncc2c2ccc(-c3ccc(OC4CC(O)(CN5CCC6(CC5)CN(CC#CCOc5ccc7c(c5)C(=O)N(C5CCC(=O)NC5=O)C7=O)CCO6)C4)nc3)cc21. The highest BCUT2D eigenvalue weighted by atomic mass is 16.5. The Morgan fingerprint density at radius 2 is 1.71 bits per heavy atom. The van der Waals surface area contributed by atoms with Crippen LogP contribution < -0.4 is 14.8 Å². The number of carbonyl (C=O) groups is 4. The Balaban J connectivity index is 0.657. The van der Waals surface area contributed by atoms with Gasteiger partial charge in [-0.25, -0.2) is 4.98 Å². The number of carbonyl (C=O) groups excluding carboxylic acids is 4. The van der Waals surface area contributed by atoms with E-state index in [1.54, 1.807) is 6.07 Å². The number of fused-ring (bicyclic) bond motifs is 4. The first-order valence-electron chi connectivity index (χ1n) is 21.2. The molecule has 3 saturated heterocycles. The Labute approximate surface area is 357 Å². The number of likely N-dealkylation sites (tertiary alicyclic amines) is 1. The second-order valence-electron chi connectivity index (χ2n) is 17.3. The Bertz CT molecular complexity index is 2670. The third-order valence-corrected chi connectivity index (χ3v) is 13.1. The van der Waals surface area contributed by atoms with Crippen LogP contribution in [0.5, 0.6) is 11.6 Å². The van der Waals surface area contributed by atoms with Crippen molar-refractivity contribution in [2.24, 2.45) is 7.05 Å². The van der Waals surface area contributed by atoms with E-state index in [1.807, 2.05) is 36.8 Å². The van der Waals surface area contributed by atoms with E-state index in [4.69, 9.17) is 14.2 Å². The van der Waals surface area contributed by atoms with Gasteiger partial charge in [-0.2, -0.15) is 0 Å². The van der Waals surface area contributed by atoms with Crippen LogP contribution in [0.3, 0.4) is 0 Å². The van der Waals surface area contributed by atoms with E-state index in [2.05, 4.69) is 66.7 Å². The van der Waals surface area contributed by atoms with Crippen LogP contribution in [0.1, 0.15) is 59.2 Å². The van der Waals surface area contributed by atoms with Gasteiger partial charge in [0, 0.05) is 106 Å². The summed E-state index contributed by atoms with van der Waals surface area (Å²) in [4.78, 5) is 64.5. The highest BCUT2D eigenvalue weighted by molar-refractivity contribution is 6.23. The number of hydrogen-bond donors (Lipinski definition) is 2. The summed E-state index contributed by atoms with van der Waals surface area (Å²) in [5.41, 5.74) is 3.71. The Morgan fingerprint density at radius 3 is 2.52 bits per heavy atom. The second kappa shape index (κ2) is 15.9. The van der Waals surface area contributed by atoms with Crippen molar-refractivity contribution in [3.8, 4) is 34.6 Å². The molecule has 1 aliphatic carbocycles. The number of aromatic nitrogens is 3. The molecule has 62 heavy (non-hydrogen) atoms. The highest BCUT2D eigenvalue weighted by Gasteiger charge is 2.48. The van der Waals surface area contributed by atoms with Crippen LogP contribution in [0.4, 0.5) is 0 Å². The van der Waals surface area contributed by atoms with Gasteiger partial charge in [0.05, 0.1) is 41.0 Å². The van der Waals surface area contributed by atoms with E-state index in [1.165, 1.54) is 17.5 Å². The Kier molecular flexibility index (Phi) is 10.3. The molecule has 7 heterocycles. The number of β-amino-alcohol motifs (C(OH)–C–C–N with tert-alkyl or cyclic N) is 1. The van der Waals surface area contributed by atoms with Gasteiger partial charge >= 0.3 is 0 Å². The number of rotatable bonds is 9. The van der Waals surface area contributed by atoms with Gasteiger partial charge in [0.15, 0.2) is 0 Å². The van der Waals surface area contributed by atoms with Crippen LogP contribution >= 0.6 is 0 Å². The summed E-state index contributed by atoms with van der Waals surface area (Å²) in [7, 11) is 2.07. The van der Waals surface area contributed by atoms with Crippen LogP contribution in [-0.4, -0.2) is 134 Å². The number of imide groups is 2. The molecule has 2 aromatic carbocycles. The van der Waals surface area contributed by atoms with Crippen LogP contribution in [0.2, 0.25) is 0 Å². The van der Waals surface area contributed by atoms with Gasteiger partial charge in [-0.15, -0.1) is 0 Å². The van der Waals surface area contributed by atoms with E-state index in [0.717, 1.165) is 71.5 Å². The Morgan fingerprint density at radius 1 is 0.887 bits per heavy atom. The fourth-order valence-electron chi connectivity index (χ4n) is 9.80. The van der Waals surface area contributed by atoms with E-state index >= 15 is 0 Å². The first-order chi connectivity index (χ1) is 30.0. The lowest BCUT2D eigenvalue weighted by atomic mass is 9.76. The summed E-state index contributed by atoms with van der Waals surface area (Å²) in [6.45, 7) is 5.13. The average molecular weight is 838 g/mol. The van der Waals surface area contributed by atoms with Crippen molar-refractivity contribution in [2.45, 2.75) is 61.9 Å². The number of aliphatic hydroxyl groups is 1. The van der Waals surface area contributed by atoms with Crippen molar-refractivity contribution in [2.75, 3.05) is 52.5 Å². The van der Waals surface area contributed by atoms with Gasteiger partial charge in [0.2, 0.25) is 17.7 Å². The maximum absolute atomic E-state index is 13.1. The first-order valence-corrected chi connectivity index (χ1v) is 21.2. The quantitative estimate of drug-likeness (QED) is 0.164. The molecular weight excluding hydrogens is 791 g/mol. The number of morpholine rings is 1. The minimum atomic E-state index is -1.02. The number of benzene rings is 2. The molecule has 15 nitrogen and oxygen atoms in total. The zero-order chi connectivity index (χ0) is 42.6. The number of aryl methyl sites for hydroxylation is 1. The smallest absolute Gasteiger partial charge is 0.262 e. The molecule has 2 N–H and O–H groups in total. The van der Waals surface area contributed by atoms with E-state index in [0.29, 0.717) is 44.2 Å². The third kappa shape index (κ3) is 7.57. The lowest BCUT2D eigenvalue weighted by molar-refractivity contribution is -0.152. The number of piperidine rings is 2. The largest absolute Gasteiger partial charge is 0.481 e. The first kappa shape index (κ1) is 39.9. The normalized spacial score (nSPS) is 23.9. The molecule has 1 spiro atoms. The molecule has 0 radical (unpaired) electrons. The molecule has 0 bridgehead atoms. The maximum Gasteiger partial charge on any atom is 0.262 e. The van der Waals surface area contributed by atoms with Gasteiger partial charge in [-0.05, 0) is 61.2 Å². The zero-order valence-corrected chi connectivity index (χ0v) is 34.5. The minimum absolute atomic E-state index is 0.0616. The van der Waals surface area contributed by atoms with E-state index in [-0.39, 0.29) is 42.3 Å². The number of nitrogens with one attached hydrogen (secondary N) is 1. The maximum atomic E-state index is 13.1. The lowest BCUT2D eigenvalue weighted by Crippen LogP contribution is -2.60. The van der Waals surface area contributed by atoms with Gasteiger partial charge in [0.1, 0.15) is 24.5 Å². The molecule has 4 aliphatic heterocycles. The summed E-state index contributed by atoms with van der Waals surface area (Å²) in [6.07, 6.45) is 8.52. The van der Waals surface area contributed by atoms with Crippen LogP contribution in [0.15, 0.2) is 73.2 Å². The summed E-state index contributed by atoms with van der Waals surface area (Å²) in [5, 5.41) is 15.9. The molecular formula is C47H47N7O8. The number of amides is 4. The molecule has 4 amide bonds. The van der Waals surface area contributed by atoms with Crippen molar-refractivity contribution in [1.82, 2.24) is 34.6 Å². The minimum Gasteiger partial charge on any atom is -0.481 e. The van der Waals surface area contributed by atoms with E-state index in [9.17, 15) is 24.3 Å². The van der Waals surface area contributed by atoms with Crippen LogP contribution in [-0.2, 0) is 21.4 Å². The fraction of sp³-hybridized carbons (Fsp3) is 0.404. The van der Waals surface area contributed by atoms with Crippen molar-refractivity contribution < 1.29 is 38.5 Å². The van der Waals surface area contributed by atoms with Gasteiger partial charge < -0.3 is 28.8 Å². The molecule has 1 unspecified atom stereocenters. The predicted octanol–water partition coefficient (Wildman–Crippen LogP) is 3.71. The van der Waals surface area contributed by atoms with Crippen molar-refractivity contribution in [3.63, 3.8) is 0 Å². The third-order valence-electron chi connectivity index (χ3n) is 13.1. The number of hydrogen-bond acceptors (Lipinski definition) is 12. The standard InChI is InChI=1S/C47H47N7O8/c1-51-38-12-15-48-27-37(38)34-7-4-30(22-40(34)51)31-5-11-42(49-26-31)62-33-24-46(59,25-33)28-53-17-13-47(14-18-53)29-52(19-21-61-47)16-2-3-20-60-32-6-8-35-36(23-32)45(58)54(44(35)57)39-9-10-41(55)50-43(39)56/h4-8,11-12,15,22-23,26-27,33,39,59H,9-10,13-14,16-21,24-25,28-29H2,1H3,(H,50,55,56).